The van der Waals surface area contributed by atoms with Gasteiger partial charge in [-0.05, 0) is 37.5 Å². The number of hydrazone groups is 1. The minimum atomic E-state index is 0.490. The van der Waals surface area contributed by atoms with Gasteiger partial charge in [0, 0.05) is 23.3 Å². The Morgan fingerprint density at radius 2 is 2.10 bits per heavy atom. The van der Waals surface area contributed by atoms with Gasteiger partial charge in [-0.1, -0.05) is 38.2 Å². The van der Waals surface area contributed by atoms with Gasteiger partial charge in [0.25, 0.3) is 0 Å². The molecule has 1 aliphatic rings. The molecular weight excluding hydrogens is 246 g/mol. The quantitative estimate of drug-likeness (QED) is 0.367. The molecule has 3 nitrogen and oxygen atoms in total. The third-order valence-corrected chi connectivity index (χ3v) is 2.78. The molecule has 1 aromatic rings. The van der Waals surface area contributed by atoms with E-state index in [1.165, 1.54) is 19.3 Å². The van der Waals surface area contributed by atoms with Crippen LogP contribution in [-0.2, 0) is 0 Å². The Morgan fingerprint density at radius 1 is 1.45 bits per heavy atom. The Labute approximate surface area is 121 Å². The minimum Gasteiger partial charge on any atom is -0.323 e. The van der Waals surface area contributed by atoms with Crippen molar-refractivity contribution in [3.8, 4) is 11.8 Å². The third kappa shape index (κ3) is 4.89. The second-order valence-corrected chi connectivity index (χ2v) is 4.94. The van der Waals surface area contributed by atoms with Gasteiger partial charge >= 0.3 is 0 Å². The Morgan fingerprint density at radius 3 is 2.55 bits per heavy atom. The van der Waals surface area contributed by atoms with Crippen molar-refractivity contribution in [3.63, 3.8) is 0 Å². The van der Waals surface area contributed by atoms with Crippen LogP contribution in [0.5, 0.6) is 0 Å². The predicted molar refractivity (Wildman–Crippen MR) is 86.3 cm³/mol. The van der Waals surface area contributed by atoms with Crippen molar-refractivity contribution in [2.75, 3.05) is 0 Å². The molecule has 1 saturated carbocycles. The van der Waals surface area contributed by atoms with Crippen molar-refractivity contribution >= 4 is 11.9 Å². The van der Waals surface area contributed by atoms with Gasteiger partial charge in [-0.3, -0.25) is 0 Å². The number of hydrogen-bond acceptors (Lipinski definition) is 3. The molecule has 0 radical (unpaired) electrons. The summed E-state index contributed by atoms with van der Waals surface area (Å²) in [6.07, 6.45) is 4.89. The van der Waals surface area contributed by atoms with Crippen LogP contribution in [0.3, 0.4) is 0 Å². The van der Waals surface area contributed by atoms with Crippen LogP contribution in [0.2, 0.25) is 0 Å². The van der Waals surface area contributed by atoms with Crippen LogP contribution >= 0.6 is 0 Å². The van der Waals surface area contributed by atoms with Gasteiger partial charge in [-0.2, -0.15) is 5.10 Å². The number of benzene rings is 1. The molecule has 2 rings (SSSR count). The van der Waals surface area contributed by atoms with Gasteiger partial charge in [0.15, 0.2) is 0 Å². The average molecular weight is 269 g/mol. The lowest BCUT2D eigenvalue weighted by Gasteiger charge is -2.04. The summed E-state index contributed by atoms with van der Waals surface area (Å²) in [5.41, 5.74) is 3.43. The molecule has 20 heavy (non-hydrogen) atoms. The first kappa shape index (κ1) is 16.0. The molecular formula is C17H23N3. The Kier molecular flexibility index (Phi) is 6.52. The first-order valence-electron chi connectivity index (χ1n) is 7.07. The van der Waals surface area contributed by atoms with Gasteiger partial charge in [0.2, 0.25) is 0 Å². The molecule has 1 aliphatic carbocycles. The summed E-state index contributed by atoms with van der Waals surface area (Å²) in [4.78, 5) is 0. The van der Waals surface area contributed by atoms with E-state index in [0.29, 0.717) is 11.6 Å². The highest BCUT2D eigenvalue weighted by Crippen LogP contribution is 2.27. The molecule has 0 unspecified atom stereocenters. The lowest BCUT2D eigenvalue weighted by molar-refractivity contribution is 1.09. The fraction of sp³-hybridized carbons (Fsp3) is 0.412. The maximum atomic E-state index is 7.23. The van der Waals surface area contributed by atoms with Crippen molar-refractivity contribution in [1.82, 2.24) is 0 Å². The standard InChI is InChI=1S/C14H15N3.C3H8/c1-10-8-12(5-4-11-2-3-11)6-7-13(10)14(9-15)17-16;1-3-2/h6-9,11,15H,2-3,16H2,1H3;3H2,1-2H3/b15-9?,17-14+;. The third-order valence-electron chi connectivity index (χ3n) is 2.78. The van der Waals surface area contributed by atoms with E-state index in [1.807, 2.05) is 25.1 Å². The largest absolute Gasteiger partial charge is 0.323 e. The molecule has 0 amide bonds. The summed E-state index contributed by atoms with van der Waals surface area (Å²) in [5.74, 6) is 12.2. The lowest BCUT2D eigenvalue weighted by Crippen LogP contribution is -2.07. The van der Waals surface area contributed by atoms with Crippen molar-refractivity contribution in [2.45, 2.75) is 40.0 Å². The number of nitrogens with one attached hydrogen (secondary N) is 1. The number of nitrogens with zero attached hydrogens (tertiary/aromatic N) is 1. The minimum absolute atomic E-state index is 0.490. The van der Waals surface area contributed by atoms with Crippen LogP contribution in [0.1, 0.15) is 49.8 Å². The molecule has 0 bridgehead atoms. The summed E-state index contributed by atoms with van der Waals surface area (Å²) >= 11 is 0. The van der Waals surface area contributed by atoms with Gasteiger partial charge in [-0.15, -0.1) is 0 Å². The van der Waals surface area contributed by atoms with Crippen molar-refractivity contribution in [1.29, 1.82) is 5.41 Å². The zero-order valence-corrected chi connectivity index (χ0v) is 12.5. The topological polar surface area (TPSA) is 62.2 Å². The van der Waals surface area contributed by atoms with Gasteiger partial charge in [0.1, 0.15) is 5.71 Å². The molecule has 0 atom stereocenters. The molecule has 106 valence electrons. The second kappa shape index (κ2) is 8.16. The summed E-state index contributed by atoms with van der Waals surface area (Å²) in [6.45, 7) is 6.23. The average Bonchev–Trinajstić information content (AvgIpc) is 3.25. The smallest absolute Gasteiger partial charge is 0.108 e. The van der Waals surface area contributed by atoms with Gasteiger partial charge in [-0.25, -0.2) is 0 Å². The van der Waals surface area contributed by atoms with Crippen LogP contribution < -0.4 is 5.84 Å². The summed E-state index contributed by atoms with van der Waals surface area (Å²) in [5, 5.41) is 10.8. The molecule has 1 aromatic carbocycles. The monoisotopic (exact) mass is 269 g/mol. The van der Waals surface area contributed by atoms with Gasteiger partial charge < -0.3 is 11.3 Å². The highest BCUT2D eigenvalue weighted by atomic mass is 15.1. The molecule has 0 heterocycles. The fourth-order valence-corrected chi connectivity index (χ4v) is 1.63. The van der Waals surface area contributed by atoms with E-state index in [9.17, 15) is 0 Å². The molecule has 0 spiro atoms. The Balaban J connectivity index is 0.000000612. The van der Waals surface area contributed by atoms with Crippen LogP contribution in [0.15, 0.2) is 23.3 Å². The van der Waals surface area contributed by atoms with E-state index >= 15 is 0 Å². The Bertz CT molecular complexity index is 543. The lowest BCUT2D eigenvalue weighted by atomic mass is 10.0. The first-order valence-corrected chi connectivity index (χ1v) is 7.07. The van der Waals surface area contributed by atoms with E-state index in [0.717, 1.165) is 22.9 Å². The second-order valence-electron chi connectivity index (χ2n) is 4.94. The summed E-state index contributed by atoms with van der Waals surface area (Å²) < 4.78 is 0. The molecule has 0 saturated heterocycles. The van der Waals surface area contributed by atoms with Gasteiger partial charge in [0.05, 0.1) is 0 Å². The van der Waals surface area contributed by atoms with Crippen LogP contribution in [0.4, 0.5) is 0 Å². The fourth-order valence-electron chi connectivity index (χ4n) is 1.63. The number of nitrogens with two attached hydrogens (primary N) is 1. The van der Waals surface area contributed by atoms with E-state index in [4.69, 9.17) is 11.3 Å². The molecule has 1 fully saturated rings. The van der Waals surface area contributed by atoms with Crippen molar-refractivity contribution in [3.05, 3.63) is 34.9 Å². The Hall–Kier alpha value is -2.08. The van der Waals surface area contributed by atoms with E-state index < -0.39 is 0 Å². The normalized spacial score (nSPS) is 13.7. The molecule has 3 heteroatoms. The highest BCUT2D eigenvalue weighted by molar-refractivity contribution is 6.37. The molecule has 0 aliphatic heterocycles. The SMILES string of the molecule is CCC.Cc1cc(C#CC2CC2)ccc1/C(C=N)=N/N. The highest BCUT2D eigenvalue weighted by Gasteiger charge is 2.17. The molecule has 3 N–H and O–H groups in total. The predicted octanol–water partition coefficient (Wildman–Crippen LogP) is 3.49. The van der Waals surface area contributed by atoms with Crippen LogP contribution in [0.25, 0.3) is 0 Å². The number of hydrogen-bond donors (Lipinski definition) is 2. The summed E-state index contributed by atoms with van der Waals surface area (Å²) in [6, 6.07) is 5.88. The van der Waals surface area contributed by atoms with E-state index in [-0.39, 0.29) is 0 Å². The van der Waals surface area contributed by atoms with Crippen molar-refractivity contribution in [2.24, 2.45) is 16.9 Å². The van der Waals surface area contributed by atoms with Crippen molar-refractivity contribution < 1.29 is 0 Å². The summed E-state index contributed by atoms with van der Waals surface area (Å²) in [7, 11) is 0. The maximum absolute atomic E-state index is 7.23. The van der Waals surface area contributed by atoms with Crippen LogP contribution in [0, 0.1) is 30.1 Å². The zero-order valence-electron chi connectivity index (χ0n) is 12.5. The van der Waals surface area contributed by atoms with E-state index in [1.54, 1.807) is 0 Å². The zero-order chi connectivity index (χ0) is 15.0. The van der Waals surface area contributed by atoms with E-state index in [2.05, 4.69) is 30.8 Å². The molecule has 0 aromatic heterocycles. The number of aryl methyl sites for hydroxylation is 1. The van der Waals surface area contributed by atoms with Crippen LogP contribution in [-0.4, -0.2) is 11.9 Å². The first-order chi connectivity index (χ1) is 9.65. The maximum Gasteiger partial charge on any atom is 0.108 e. The number of rotatable bonds is 2.